The predicted molar refractivity (Wildman–Crippen MR) is 91.4 cm³/mol. The van der Waals surface area contributed by atoms with Gasteiger partial charge in [-0.2, -0.15) is 5.26 Å². The number of rotatable bonds is 3. The zero-order valence-electron chi connectivity index (χ0n) is 12.5. The molecule has 4 rings (SSSR count). The molecule has 0 saturated heterocycles. The smallest absolute Gasteiger partial charge is 0.231 e. The van der Waals surface area contributed by atoms with Crippen molar-refractivity contribution in [3.63, 3.8) is 0 Å². The number of nitriles is 1. The monoisotopic (exact) mass is 337 g/mol. The Kier molecular flexibility index (Phi) is 3.60. The standard InChI is InChI=1S/C18H12ClN3O2/c19-13-2-3-15-14(6-13)18(12(7-20)9-21-15)22-8-11-1-4-16-17(5-11)24-10-23-16/h1-6,9H,8,10H2,(H,21,22). The van der Waals surface area contributed by atoms with Gasteiger partial charge in [-0.1, -0.05) is 17.7 Å². The Hall–Kier alpha value is -2.97. The third-order valence-electron chi connectivity index (χ3n) is 3.86. The molecule has 0 atom stereocenters. The second kappa shape index (κ2) is 5.91. The fourth-order valence-corrected chi connectivity index (χ4v) is 2.85. The summed E-state index contributed by atoms with van der Waals surface area (Å²) in [6, 6.07) is 13.4. The van der Waals surface area contributed by atoms with Gasteiger partial charge < -0.3 is 14.8 Å². The molecule has 0 saturated carbocycles. The maximum absolute atomic E-state index is 9.37. The van der Waals surface area contributed by atoms with Crippen molar-refractivity contribution in [3.05, 3.63) is 58.7 Å². The van der Waals surface area contributed by atoms with Crippen molar-refractivity contribution < 1.29 is 9.47 Å². The molecule has 0 fully saturated rings. The molecule has 1 aromatic heterocycles. The lowest BCUT2D eigenvalue weighted by Gasteiger charge is -2.12. The Morgan fingerprint density at radius 2 is 2.04 bits per heavy atom. The average Bonchev–Trinajstić information content (AvgIpc) is 3.07. The van der Waals surface area contributed by atoms with Crippen LogP contribution in [-0.4, -0.2) is 11.8 Å². The van der Waals surface area contributed by atoms with Gasteiger partial charge in [0.25, 0.3) is 0 Å². The van der Waals surface area contributed by atoms with Gasteiger partial charge in [-0.05, 0) is 35.9 Å². The van der Waals surface area contributed by atoms with Crippen LogP contribution in [0.1, 0.15) is 11.1 Å². The molecule has 0 amide bonds. The van der Waals surface area contributed by atoms with Crippen molar-refractivity contribution in [1.29, 1.82) is 5.26 Å². The number of aromatic nitrogens is 1. The molecule has 0 aliphatic carbocycles. The maximum atomic E-state index is 9.37. The normalized spacial score (nSPS) is 12.2. The lowest BCUT2D eigenvalue weighted by Crippen LogP contribution is -2.03. The fraction of sp³-hybridized carbons (Fsp3) is 0.111. The molecule has 0 unspecified atom stereocenters. The number of ether oxygens (including phenoxy) is 2. The molecule has 0 bridgehead atoms. The topological polar surface area (TPSA) is 67.2 Å². The first-order valence-corrected chi connectivity index (χ1v) is 7.73. The lowest BCUT2D eigenvalue weighted by atomic mass is 10.1. The van der Waals surface area contributed by atoms with Crippen LogP contribution in [0.3, 0.4) is 0 Å². The molecule has 1 aliphatic rings. The summed E-state index contributed by atoms with van der Waals surface area (Å²) < 4.78 is 10.7. The van der Waals surface area contributed by atoms with E-state index in [2.05, 4.69) is 16.4 Å². The summed E-state index contributed by atoms with van der Waals surface area (Å²) in [5.74, 6) is 1.48. The predicted octanol–water partition coefficient (Wildman–Crippen LogP) is 4.10. The van der Waals surface area contributed by atoms with Crippen LogP contribution in [0, 0.1) is 11.3 Å². The summed E-state index contributed by atoms with van der Waals surface area (Å²) in [7, 11) is 0. The molecule has 6 heteroatoms. The van der Waals surface area contributed by atoms with Crippen LogP contribution in [-0.2, 0) is 6.54 Å². The van der Waals surface area contributed by atoms with E-state index in [1.807, 2.05) is 30.3 Å². The van der Waals surface area contributed by atoms with Crippen LogP contribution in [0.5, 0.6) is 11.5 Å². The highest BCUT2D eigenvalue weighted by Gasteiger charge is 2.14. The Morgan fingerprint density at radius 1 is 1.17 bits per heavy atom. The van der Waals surface area contributed by atoms with Gasteiger partial charge in [-0.25, -0.2) is 0 Å². The van der Waals surface area contributed by atoms with Gasteiger partial charge in [0.15, 0.2) is 11.5 Å². The highest BCUT2D eigenvalue weighted by molar-refractivity contribution is 6.31. The van der Waals surface area contributed by atoms with Crippen molar-refractivity contribution in [1.82, 2.24) is 4.98 Å². The molecule has 1 N–H and O–H groups in total. The van der Waals surface area contributed by atoms with Crippen molar-refractivity contribution >= 4 is 28.2 Å². The minimum Gasteiger partial charge on any atom is -0.454 e. The lowest BCUT2D eigenvalue weighted by molar-refractivity contribution is 0.174. The summed E-state index contributed by atoms with van der Waals surface area (Å²) in [5, 5.41) is 14.1. The summed E-state index contributed by atoms with van der Waals surface area (Å²) in [5.41, 5.74) is 3.01. The first-order valence-electron chi connectivity index (χ1n) is 7.35. The molecule has 0 radical (unpaired) electrons. The number of nitrogens with zero attached hydrogens (tertiary/aromatic N) is 2. The van der Waals surface area contributed by atoms with Gasteiger partial charge in [0.2, 0.25) is 6.79 Å². The number of nitrogens with one attached hydrogen (secondary N) is 1. The summed E-state index contributed by atoms with van der Waals surface area (Å²) in [4.78, 5) is 4.30. The van der Waals surface area contributed by atoms with Crippen LogP contribution in [0.25, 0.3) is 10.9 Å². The van der Waals surface area contributed by atoms with E-state index in [0.717, 1.165) is 33.7 Å². The van der Waals surface area contributed by atoms with E-state index in [-0.39, 0.29) is 6.79 Å². The second-order valence-electron chi connectivity index (χ2n) is 5.36. The molecule has 24 heavy (non-hydrogen) atoms. The SMILES string of the molecule is N#Cc1cnc2ccc(Cl)cc2c1NCc1ccc2c(c1)OCO2. The highest BCUT2D eigenvalue weighted by atomic mass is 35.5. The van der Waals surface area contributed by atoms with Gasteiger partial charge in [-0.3, -0.25) is 4.98 Å². The van der Waals surface area contributed by atoms with Crippen molar-refractivity contribution in [2.45, 2.75) is 6.54 Å². The van der Waals surface area contributed by atoms with E-state index in [9.17, 15) is 5.26 Å². The largest absolute Gasteiger partial charge is 0.454 e. The van der Waals surface area contributed by atoms with Crippen LogP contribution in [0.2, 0.25) is 5.02 Å². The van der Waals surface area contributed by atoms with Crippen LogP contribution < -0.4 is 14.8 Å². The highest BCUT2D eigenvalue weighted by Crippen LogP contribution is 2.33. The number of hydrogen-bond acceptors (Lipinski definition) is 5. The van der Waals surface area contributed by atoms with E-state index in [1.165, 1.54) is 0 Å². The number of anilines is 1. The van der Waals surface area contributed by atoms with Gasteiger partial charge in [0, 0.05) is 23.2 Å². The Balaban J connectivity index is 1.69. The Morgan fingerprint density at radius 3 is 2.92 bits per heavy atom. The number of halogens is 1. The number of pyridine rings is 1. The molecular formula is C18H12ClN3O2. The summed E-state index contributed by atoms with van der Waals surface area (Å²) in [6.07, 6.45) is 1.57. The first-order chi connectivity index (χ1) is 11.7. The van der Waals surface area contributed by atoms with E-state index in [4.69, 9.17) is 21.1 Å². The Bertz CT molecular complexity index is 982. The van der Waals surface area contributed by atoms with Gasteiger partial charge in [-0.15, -0.1) is 0 Å². The van der Waals surface area contributed by atoms with E-state index >= 15 is 0 Å². The second-order valence-corrected chi connectivity index (χ2v) is 5.80. The molecule has 0 spiro atoms. The van der Waals surface area contributed by atoms with Gasteiger partial charge in [0.1, 0.15) is 6.07 Å². The molecule has 2 aromatic carbocycles. The first kappa shape index (κ1) is 14.6. The van der Waals surface area contributed by atoms with Crippen LogP contribution in [0.4, 0.5) is 5.69 Å². The number of hydrogen-bond donors (Lipinski definition) is 1. The van der Waals surface area contributed by atoms with Crippen molar-refractivity contribution in [2.75, 3.05) is 12.1 Å². The summed E-state index contributed by atoms with van der Waals surface area (Å²) >= 11 is 6.10. The molecular weight excluding hydrogens is 326 g/mol. The zero-order valence-corrected chi connectivity index (χ0v) is 13.3. The number of fused-ring (bicyclic) bond motifs is 2. The Labute approximate surface area is 143 Å². The fourth-order valence-electron chi connectivity index (χ4n) is 2.68. The average molecular weight is 338 g/mol. The van der Waals surface area contributed by atoms with Crippen LogP contribution >= 0.6 is 11.6 Å². The van der Waals surface area contributed by atoms with Gasteiger partial charge in [0.05, 0.1) is 16.8 Å². The quantitative estimate of drug-likeness (QED) is 0.779. The van der Waals surface area contributed by atoms with Gasteiger partial charge >= 0.3 is 0 Å². The maximum Gasteiger partial charge on any atom is 0.231 e. The molecule has 2 heterocycles. The van der Waals surface area contributed by atoms with E-state index < -0.39 is 0 Å². The summed E-state index contributed by atoms with van der Waals surface area (Å²) in [6.45, 7) is 0.787. The van der Waals surface area contributed by atoms with E-state index in [1.54, 1.807) is 12.3 Å². The molecule has 118 valence electrons. The third-order valence-corrected chi connectivity index (χ3v) is 4.09. The molecule has 1 aliphatic heterocycles. The molecule has 5 nitrogen and oxygen atoms in total. The minimum atomic E-state index is 0.248. The minimum absolute atomic E-state index is 0.248. The van der Waals surface area contributed by atoms with Crippen molar-refractivity contribution in [2.24, 2.45) is 0 Å². The third kappa shape index (κ3) is 2.57. The number of benzene rings is 2. The zero-order chi connectivity index (χ0) is 16.5. The molecule has 3 aromatic rings. The van der Waals surface area contributed by atoms with E-state index in [0.29, 0.717) is 17.1 Å². The van der Waals surface area contributed by atoms with Crippen LogP contribution in [0.15, 0.2) is 42.6 Å². The van der Waals surface area contributed by atoms with Crippen molar-refractivity contribution in [3.8, 4) is 17.6 Å².